The molecule has 1 saturated heterocycles. The molecule has 0 radical (unpaired) electrons. The number of imide groups is 2. The van der Waals surface area contributed by atoms with Crippen LogP contribution in [0.1, 0.15) is 12.8 Å². The third-order valence-corrected chi connectivity index (χ3v) is 4.17. The van der Waals surface area contributed by atoms with E-state index < -0.39 is 17.8 Å². The van der Waals surface area contributed by atoms with Crippen LogP contribution in [0.3, 0.4) is 0 Å². The van der Waals surface area contributed by atoms with E-state index >= 15 is 0 Å². The first-order valence-electron chi connectivity index (χ1n) is 4.70. The zero-order valence-electron chi connectivity index (χ0n) is 8.33. The zero-order chi connectivity index (χ0) is 11.2. The Kier molecular flexibility index (Phi) is 2.33. The van der Waals surface area contributed by atoms with Crippen LogP contribution >= 0.6 is 15.9 Å². The molecule has 1 heterocycles. The molecule has 2 aliphatic rings. The first-order valence-corrected chi connectivity index (χ1v) is 5.82. The summed E-state index contributed by atoms with van der Waals surface area (Å²) >= 11 is 3.36. The van der Waals surface area contributed by atoms with Crippen molar-refractivity contribution in [1.82, 2.24) is 9.80 Å². The molecule has 0 aromatic carbocycles. The fraction of sp³-hybridized carbons (Fsp3) is 0.667. The van der Waals surface area contributed by atoms with Crippen LogP contribution in [0.2, 0.25) is 0 Å². The number of nitrogens with zero attached hydrogens (tertiary/aromatic N) is 2. The fourth-order valence-corrected chi connectivity index (χ4v) is 2.34. The minimum Gasteiger partial charge on any atom is -0.263 e. The number of halogens is 1. The van der Waals surface area contributed by atoms with Crippen molar-refractivity contribution in [2.45, 2.75) is 12.8 Å². The Hall–Kier alpha value is -0.910. The predicted molar refractivity (Wildman–Crippen MR) is 55.3 cm³/mol. The quantitative estimate of drug-likeness (QED) is 0.430. The van der Waals surface area contributed by atoms with Gasteiger partial charge in [0.15, 0.2) is 0 Å². The van der Waals surface area contributed by atoms with Crippen LogP contribution in [0.25, 0.3) is 0 Å². The van der Waals surface area contributed by atoms with Crippen LogP contribution in [0, 0.1) is 5.41 Å². The van der Waals surface area contributed by atoms with Crippen LogP contribution in [0.15, 0.2) is 0 Å². The van der Waals surface area contributed by atoms with Crippen LogP contribution in [0.4, 0.5) is 4.79 Å². The predicted octanol–water partition coefficient (Wildman–Crippen LogP) is 0.582. The summed E-state index contributed by atoms with van der Waals surface area (Å²) in [7, 11) is 1.33. The smallest absolute Gasteiger partial charge is 0.263 e. The maximum atomic E-state index is 11.5. The molecule has 15 heavy (non-hydrogen) atoms. The van der Waals surface area contributed by atoms with Gasteiger partial charge in [0.25, 0.3) is 0 Å². The number of amides is 4. The molecule has 1 aliphatic carbocycles. The van der Waals surface area contributed by atoms with Gasteiger partial charge in [-0.1, -0.05) is 15.9 Å². The average Bonchev–Trinajstić information content (AvgIpc) is 2.99. The molecular weight excluding hydrogens is 264 g/mol. The first kappa shape index (κ1) is 10.6. The topological polar surface area (TPSA) is 57.7 Å². The maximum absolute atomic E-state index is 11.5. The van der Waals surface area contributed by atoms with Crippen LogP contribution in [-0.2, 0) is 9.59 Å². The van der Waals surface area contributed by atoms with E-state index in [1.54, 1.807) is 0 Å². The lowest BCUT2D eigenvalue weighted by Gasteiger charge is -2.18. The van der Waals surface area contributed by atoms with Crippen LogP contribution in [0.5, 0.6) is 0 Å². The molecule has 82 valence electrons. The van der Waals surface area contributed by atoms with E-state index in [9.17, 15) is 14.4 Å². The number of urea groups is 1. The highest BCUT2D eigenvalue weighted by Gasteiger charge is 2.50. The Morgan fingerprint density at radius 2 is 1.87 bits per heavy atom. The van der Waals surface area contributed by atoms with E-state index in [1.807, 2.05) is 0 Å². The van der Waals surface area contributed by atoms with Crippen molar-refractivity contribution < 1.29 is 14.4 Å². The molecule has 5 nitrogen and oxygen atoms in total. The molecule has 0 unspecified atom stereocenters. The molecule has 0 aromatic heterocycles. The molecule has 1 aliphatic heterocycles. The summed E-state index contributed by atoms with van der Waals surface area (Å²) in [5, 5.41) is 0.759. The summed E-state index contributed by atoms with van der Waals surface area (Å²) in [5.74, 6) is -1.43. The second-order valence-electron chi connectivity index (χ2n) is 4.17. The standard InChI is InChI=1S/C9H11BrN2O3/c1-11-6(13)7(14)12(8(11)15)5-9(4-10)2-3-9/h2-5H2,1H3. The molecule has 0 spiro atoms. The Bertz CT molecular complexity index is 351. The molecule has 0 aromatic rings. The van der Waals surface area contributed by atoms with Crippen molar-refractivity contribution in [3.05, 3.63) is 0 Å². The highest BCUT2D eigenvalue weighted by Crippen LogP contribution is 2.48. The third-order valence-electron chi connectivity index (χ3n) is 2.98. The number of rotatable bonds is 3. The van der Waals surface area contributed by atoms with Crippen molar-refractivity contribution in [1.29, 1.82) is 0 Å². The summed E-state index contributed by atoms with van der Waals surface area (Å²) in [6.07, 6.45) is 1.99. The number of likely N-dealkylation sites (N-methyl/N-ethyl adjacent to an activating group) is 1. The monoisotopic (exact) mass is 274 g/mol. The molecule has 4 amide bonds. The Balaban J connectivity index is 2.13. The van der Waals surface area contributed by atoms with Gasteiger partial charge in [-0.25, -0.2) is 4.79 Å². The number of carbonyl (C=O) groups is 3. The lowest BCUT2D eigenvalue weighted by molar-refractivity contribution is -0.143. The van der Waals surface area contributed by atoms with Crippen molar-refractivity contribution in [3.63, 3.8) is 0 Å². The Morgan fingerprint density at radius 3 is 2.20 bits per heavy atom. The number of carbonyl (C=O) groups excluding carboxylic acids is 3. The summed E-state index contributed by atoms with van der Waals surface area (Å²) in [5.41, 5.74) is 0.0107. The Labute approximate surface area is 95.5 Å². The van der Waals surface area contributed by atoms with Crippen LogP contribution in [-0.4, -0.2) is 46.6 Å². The minimum absolute atomic E-state index is 0.0107. The molecule has 0 N–H and O–H groups in total. The van der Waals surface area contributed by atoms with Gasteiger partial charge < -0.3 is 0 Å². The van der Waals surface area contributed by atoms with Gasteiger partial charge in [0.2, 0.25) is 0 Å². The van der Waals surface area contributed by atoms with Gasteiger partial charge in [-0.2, -0.15) is 0 Å². The first-order chi connectivity index (χ1) is 7.01. The number of hydrogen-bond donors (Lipinski definition) is 0. The average molecular weight is 275 g/mol. The van der Waals surface area contributed by atoms with Gasteiger partial charge in [0.05, 0.1) is 0 Å². The highest BCUT2D eigenvalue weighted by atomic mass is 79.9. The van der Waals surface area contributed by atoms with E-state index in [2.05, 4.69) is 15.9 Å². The van der Waals surface area contributed by atoms with Crippen molar-refractivity contribution in [2.75, 3.05) is 18.9 Å². The molecular formula is C9H11BrN2O3. The lowest BCUT2D eigenvalue weighted by atomic mass is 10.1. The minimum atomic E-state index is -0.731. The second kappa shape index (κ2) is 3.30. The van der Waals surface area contributed by atoms with E-state index in [1.165, 1.54) is 7.05 Å². The van der Waals surface area contributed by atoms with Gasteiger partial charge in [-0.05, 0) is 18.3 Å². The summed E-state index contributed by atoms with van der Waals surface area (Å²) in [6, 6.07) is -0.503. The van der Waals surface area contributed by atoms with Gasteiger partial charge in [0.1, 0.15) is 0 Å². The second-order valence-corrected chi connectivity index (χ2v) is 4.73. The van der Waals surface area contributed by atoms with Gasteiger partial charge in [-0.3, -0.25) is 19.4 Å². The van der Waals surface area contributed by atoms with E-state index in [-0.39, 0.29) is 5.41 Å². The van der Waals surface area contributed by atoms with E-state index in [0.717, 1.165) is 28.0 Å². The summed E-state index contributed by atoms with van der Waals surface area (Å²) in [4.78, 5) is 36.1. The summed E-state index contributed by atoms with van der Waals surface area (Å²) < 4.78 is 0. The molecule has 1 saturated carbocycles. The van der Waals surface area contributed by atoms with Gasteiger partial charge >= 0.3 is 17.8 Å². The van der Waals surface area contributed by atoms with Gasteiger partial charge in [0, 0.05) is 18.9 Å². The summed E-state index contributed by atoms with van der Waals surface area (Å²) in [6.45, 7) is 0.353. The zero-order valence-corrected chi connectivity index (χ0v) is 9.91. The Morgan fingerprint density at radius 1 is 1.27 bits per heavy atom. The number of hydrogen-bond acceptors (Lipinski definition) is 3. The molecule has 0 atom stereocenters. The maximum Gasteiger partial charge on any atom is 0.333 e. The third kappa shape index (κ3) is 1.56. The van der Waals surface area contributed by atoms with E-state index in [0.29, 0.717) is 6.54 Å². The normalized spacial score (nSPS) is 24.0. The highest BCUT2D eigenvalue weighted by molar-refractivity contribution is 9.09. The van der Waals surface area contributed by atoms with Gasteiger partial charge in [-0.15, -0.1) is 0 Å². The largest absolute Gasteiger partial charge is 0.333 e. The molecule has 2 fully saturated rings. The van der Waals surface area contributed by atoms with Crippen molar-refractivity contribution >= 4 is 33.8 Å². The fourth-order valence-electron chi connectivity index (χ4n) is 1.60. The lowest BCUT2D eigenvalue weighted by Crippen LogP contribution is -2.37. The van der Waals surface area contributed by atoms with Crippen molar-refractivity contribution in [2.24, 2.45) is 5.41 Å². The van der Waals surface area contributed by atoms with Crippen molar-refractivity contribution in [3.8, 4) is 0 Å². The molecule has 6 heteroatoms. The molecule has 2 rings (SSSR count). The van der Waals surface area contributed by atoms with E-state index in [4.69, 9.17) is 0 Å². The number of alkyl halides is 1. The van der Waals surface area contributed by atoms with Crippen LogP contribution < -0.4 is 0 Å². The SMILES string of the molecule is CN1C(=O)C(=O)N(CC2(CBr)CC2)C1=O. The molecule has 0 bridgehead atoms.